The molecule has 1 heterocycles. The Kier molecular flexibility index (Phi) is 2.32. The maximum atomic E-state index is 6.19. The van der Waals surface area contributed by atoms with Crippen LogP contribution in [0.3, 0.4) is 0 Å². The second-order valence-electron chi connectivity index (χ2n) is 6.18. The summed E-state index contributed by atoms with van der Waals surface area (Å²) < 4.78 is 0. The number of rotatable bonds is 3. The summed E-state index contributed by atoms with van der Waals surface area (Å²) in [5.41, 5.74) is 15.3. The van der Waals surface area contributed by atoms with E-state index in [-0.39, 0.29) is 11.1 Å². The van der Waals surface area contributed by atoms with Crippen LogP contribution in [-0.2, 0) is 11.1 Å². The maximum absolute atomic E-state index is 6.19. The smallest absolute Gasteiger partial charge is 0.148 e. The lowest BCUT2D eigenvalue weighted by atomic mass is 10.0. The van der Waals surface area contributed by atoms with E-state index in [0.29, 0.717) is 0 Å². The fraction of sp³-hybridized carbons (Fsp3) is 0.375. The average Bonchev–Trinajstić information content (AvgIpc) is 3.40. The van der Waals surface area contributed by atoms with E-state index >= 15 is 0 Å². The van der Waals surface area contributed by atoms with Crippen molar-refractivity contribution in [3.8, 4) is 11.1 Å². The Morgan fingerprint density at radius 2 is 1.30 bits per heavy atom. The van der Waals surface area contributed by atoms with Gasteiger partial charge < -0.3 is 11.5 Å². The minimum Gasteiger partial charge on any atom is -0.321 e. The standard InChI is InChI=1S/C16H18N4/c17-15(5-6-15)13-3-1-11(2-4-13)12-9-19-14(20-10-12)16(18)7-8-16/h1-4,9-10H,5-8,17-18H2. The van der Waals surface area contributed by atoms with Gasteiger partial charge in [-0.2, -0.15) is 0 Å². The first kappa shape index (κ1) is 12.0. The molecule has 4 heteroatoms. The molecule has 4 N–H and O–H groups in total. The number of nitrogens with two attached hydrogens (primary N) is 2. The van der Waals surface area contributed by atoms with Gasteiger partial charge in [-0.1, -0.05) is 24.3 Å². The third-order valence-corrected chi connectivity index (χ3v) is 4.47. The second-order valence-corrected chi connectivity index (χ2v) is 6.18. The largest absolute Gasteiger partial charge is 0.321 e. The normalized spacial score (nSPS) is 21.5. The summed E-state index contributed by atoms with van der Waals surface area (Å²) in [5, 5.41) is 0. The maximum Gasteiger partial charge on any atom is 0.148 e. The van der Waals surface area contributed by atoms with Gasteiger partial charge in [0.05, 0.1) is 5.54 Å². The van der Waals surface area contributed by atoms with Crippen molar-refractivity contribution >= 4 is 0 Å². The Balaban J connectivity index is 1.60. The lowest BCUT2D eigenvalue weighted by Crippen LogP contribution is -2.21. The topological polar surface area (TPSA) is 77.8 Å². The second kappa shape index (κ2) is 3.87. The molecule has 102 valence electrons. The number of benzene rings is 1. The van der Waals surface area contributed by atoms with Gasteiger partial charge in [-0.05, 0) is 36.8 Å². The summed E-state index contributed by atoms with van der Waals surface area (Å²) in [7, 11) is 0. The van der Waals surface area contributed by atoms with E-state index in [9.17, 15) is 0 Å². The van der Waals surface area contributed by atoms with E-state index in [2.05, 4.69) is 34.2 Å². The molecule has 2 aliphatic rings. The van der Waals surface area contributed by atoms with Gasteiger partial charge in [0.1, 0.15) is 5.82 Å². The molecular formula is C16H18N4. The van der Waals surface area contributed by atoms with Crippen molar-refractivity contribution in [3.05, 3.63) is 48.0 Å². The summed E-state index contributed by atoms with van der Waals surface area (Å²) >= 11 is 0. The van der Waals surface area contributed by atoms with Crippen molar-refractivity contribution in [2.75, 3.05) is 0 Å². The van der Waals surface area contributed by atoms with Crippen LogP contribution in [0.15, 0.2) is 36.7 Å². The molecule has 20 heavy (non-hydrogen) atoms. The van der Waals surface area contributed by atoms with Crippen LogP contribution >= 0.6 is 0 Å². The Morgan fingerprint density at radius 1 is 0.750 bits per heavy atom. The zero-order chi connectivity index (χ0) is 13.8. The fourth-order valence-corrected chi connectivity index (χ4v) is 2.51. The zero-order valence-electron chi connectivity index (χ0n) is 11.3. The summed E-state index contributed by atoms with van der Waals surface area (Å²) in [5.74, 6) is 0.761. The third-order valence-electron chi connectivity index (χ3n) is 4.47. The van der Waals surface area contributed by atoms with Crippen LogP contribution < -0.4 is 11.5 Å². The van der Waals surface area contributed by atoms with Crippen LogP contribution in [0.4, 0.5) is 0 Å². The molecule has 2 saturated carbocycles. The average molecular weight is 266 g/mol. The van der Waals surface area contributed by atoms with Gasteiger partial charge in [-0.3, -0.25) is 0 Å². The van der Waals surface area contributed by atoms with E-state index < -0.39 is 0 Å². The fourth-order valence-electron chi connectivity index (χ4n) is 2.51. The summed E-state index contributed by atoms with van der Waals surface area (Å²) in [4.78, 5) is 8.82. The molecule has 0 radical (unpaired) electrons. The number of hydrogen-bond donors (Lipinski definition) is 2. The van der Waals surface area contributed by atoms with E-state index in [0.717, 1.165) is 42.6 Å². The molecular weight excluding hydrogens is 248 g/mol. The number of aromatic nitrogens is 2. The molecule has 0 spiro atoms. The van der Waals surface area contributed by atoms with Crippen molar-refractivity contribution in [3.63, 3.8) is 0 Å². The van der Waals surface area contributed by atoms with E-state index in [1.807, 2.05) is 12.4 Å². The Morgan fingerprint density at radius 3 is 1.80 bits per heavy atom. The molecule has 0 saturated heterocycles. The molecule has 0 amide bonds. The van der Waals surface area contributed by atoms with E-state index in [1.165, 1.54) is 5.56 Å². The molecule has 4 nitrogen and oxygen atoms in total. The van der Waals surface area contributed by atoms with Gasteiger partial charge in [0.25, 0.3) is 0 Å². The van der Waals surface area contributed by atoms with Crippen LogP contribution in [-0.4, -0.2) is 9.97 Å². The summed E-state index contributed by atoms with van der Waals surface area (Å²) in [6, 6.07) is 8.41. The minimum absolute atomic E-state index is 0.0726. The molecule has 0 unspecified atom stereocenters. The molecule has 2 fully saturated rings. The predicted molar refractivity (Wildman–Crippen MR) is 77.7 cm³/mol. The molecule has 0 atom stereocenters. The van der Waals surface area contributed by atoms with Crippen molar-refractivity contribution in [2.24, 2.45) is 11.5 Å². The predicted octanol–water partition coefficient (Wildman–Crippen LogP) is 2.04. The molecule has 2 aliphatic carbocycles. The van der Waals surface area contributed by atoms with Gasteiger partial charge in [0.15, 0.2) is 0 Å². The van der Waals surface area contributed by atoms with E-state index in [4.69, 9.17) is 11.5 Å². The first-order valence-corrected chi connectivity index (χ1v) is 7.10. The molecule has 0 bridgehead atoms. The van der Waals surface area contributed by atoms with Crippen molar-refractivity contribution < 1.29 is 0 Å². The Labute approximate surface area is 118 Å². The Hall–Kier alpha value is -1.78. The van der Waals surface area contributed by atoms with Gasteiger partial charge in [0, 0.05) is 23.5 Å². The molecule has 4 rings (SSSR count). The van der Waals surface area contributed by atoms with Gasteiger partial charge >= 0.3 is 0 Å². The van der Waals surface area contributed by atoms with Crippen LogP contribution in [0.1, 0.15) is 37.1 Å². The molecule has 0 aliphatic heterocycles. The SMILES string of the molecule is NC1(c2ccc(-c3cnc(C4(N)CC4)nc3)cc2)CC1. The van der Waals surface area contributed by atoms with Gasteiger partial charge in [0.2, 0.25) is 0 Å². The Bertz CT molecular complexity index is 578. The summed E-state index contributed by atoms with van der Waals surface area (Å²) in [6.45, 7) is 0. The van der Waals surface area contributed by atoms with Crippen LogP contribution in [0.2, 0.25) is 0 Å². The third kappa shape index (κ3) is 1.92. The summed E-state index contributed by atoms with van der Waals surface area (Å²) in [6.07, 6.45) is 7.87. The highest BCUT2D eigenvalue weighted by Crippen LogP contribution is 2.43. The number of hydrogen-bond acceptors (Lipinski definition) is 4. The highest BCUT2D eigenvalue weighted by molar-refractivity contribution is 5.62. The first-order chi connectivity index (χ1) is 9.59. The molecule has 1 aromatic carbocycles. The zero-order valence-corrected chi connectivity index (χ0v) is 11.3. The highest BCUT2D eigenvalue weighted by atomic mass is 15.0. The van der Waals surface area contributed by atoms with Crippen molar-refractivity contribution in [2.45, 2.75) is 36.8 Å². The first-order valence-electron chi connectivity index (χ1n) is 7.10. The van der Waals surface area contributed by atoms with Crippen LogP contribution in [0, 0.1) is 0 Å². The number of nitrogens with zero attached hydrogens (tertiary/aromatic N) is 2. The van der Waals surface area contributed by atoms with Crippen molar-refractivity contribution in [1.82, 2.24) is 9.97 Å². The molecule has 2 aromatic rings. The van der Waals surface area contributed by atoms with Crippen LogP contribution in [0.5, 0.6) is 0 Å². The van der Waals surface area contributed by atoms with Gasteiger partial charge in [-0.15, -0.1) is 0 Å². The lowest BCUT2D eigenvalue weighted by molar-refractivity contribution is 0.672. The van der Waals surface area contributed by atoms with Crippen LogP contribution in [0.25, 0.3) is 11.1 Å². The minimum atomic E-state index is -0.264. The molecule has 1 aromatic heterocycles. The monoisotopic (exact) mass is 266 g/mol. The quantitative estimate of drug-likeness (QED) is 0.891. The van der Waals surface area contributed by atoms with E-state index in [1.54, 1.807) is 0 Å². The van der Waals surface area contributed by atoms with Crippen molar-refractivity contribution in [1.29, 1.82) is 0 Å². The highest BCUT2D eigenvalue weighted by Gasteiger charge is 2.43. The lowest BCUT2D eigenvalue weighted by Gasteiger charge is -2.10. The van der Waals surface area contributed by atoms with Gasteiger partial charge in [-0.25, -0.2) is 9.97 Å².